The van der Waals surface area contributed by atoms with Crippen molar-refractivity contribution in [2.45, 2.75) is 18.8 Å². The van der Waals surface area contributed by atoms with Crippen molar-refractivity contribution >= 4 is 16.8 Å². The predicted molar refractivity (Wildman–Crippen MR) is 79.1 cm³/mol. The molecule has 2 aromatic rings. The smallest absolute Gasteiger partial charge is 0.312 e. The Morgan fingerprint density at radius 2 is 2.20 bits per heavy atom. The number of urea groups is 1. The Hall–Kier alpha value is -2.23. The average molecular weight is 270 g/mol. The van der Waals surface area contributed by atoms with Gasteiger partial charge in [-0.25, -0.2) is 4.79 Å². The third-order valence-corrected chi connectivity index (χ3v) is 4.05. The Balaban J connectivity index is 2.06. The first kappa shape index (κ1) is 12.8. The summed E-state index contributed by atoms with van der Waals surface area (Å²) in [5, 5.41) is 5.15. The van der Waals surface area contributed by atoms with Gasteiger partial charge in [0.05, 0.1) is 7.11 Å². The molecular weight excluding hydrogens is 252 g/mol. The Labute approximate surface area is 117 Å². The van der Waals surface area contributed by atoms with Crippen molar-refractivity contribution in [3.63, 3.8) is 0 Å². The van der Waals surface area contributed by atoms with Gasteiger partial charge in [-0.05, 0) is 46.9 Å². The largest absolute Gasteiger partial charge is 0.497 e. The molecule has 1 unspecified atom stereocenters. The molecule has 1 aliphatic rings. The lowest BCUT2D eigenvalue weighted by molar-refractivity contribution is 0.248. The number of benzene rings is 2. The van der Waals surface area contributed by atoms with Crippen LogP contribution in [0.4, 0.5) is 4.79 Å². The SMILES string of the molecule is COc1ccc2ccc3c(c2c1)C(CNC(N)=O)CC3. The van der Waals surface area contributed by atoms with E-state index in [1.165, 1.54) is 21.9 Å². The molecule has 0 saturated carbocycles. The fourth-order valence-electron chi connectivity index (χ4n) is 3.10. The highest BCUT2D eigenvalue weighted by Gasteiger charge is 2.24. The number of carbonyl (C=O) groups excluding carboxylic acids is 1. The molecule has 3 rings (SSSR count). The van der Waals surface area contributed by atoms with Crippen LogP contribution in [-0.2, 0) is 6.42 Å². The molecule has 1 aliphatic carbocycles. The Bertz CT molecular complexity index is 667. The molecule has 104 valence electrons. The predicted octanol–water partition coefficient (Wildman–Crippen LogP) is 2.55. The van der Waals surface area contributed by atoms with Crippen LogP contribution in [0.15, 0.2) is 30.3 Å². The highest BCUT2D eigenvalue weighted by molar-refractivity contribution is 5.89. The van der Waals surface area contributed by atoms with Crippen molar-refractivity contribution in [2.24, 2.45) is 5.73 Å². The zero-order valence-electron chi connectivity index (χ0n) is 11.5. The number of aryl methyl sites for hydroxylation is 1. The number of ether oxygens (including phenoxy) is 1. The molecule has 2 amide bonds. The number of primary amides is 1. The first-order valence-corrected chi connectivity index (χ1v) is 6.82. The lowest BCUT2D eigenvalue weighted by atomic mass is 9.94. The number of amides is 2. The zero-order valence-corrected chi connectivity index (χ0v) is 11.5. The van der Waals surface area contributed by atoms with Crippen LogP contribution >= 0.6 is 0 Å². The fourth-order valence-corrected chi connectivity index (χ4v) is 3.10. The molecule has 2 aromatic carbocycles. The summed E-state index contributed by atoms with van der Waals surface area (Å²) in [6.07, 6.45) is 2.10. The van der Waals surface area contributed by atoms with Crippen molar-refractivity contribution < 1.29 is 9.53 Å². The first-order chi connectivity index (χ1) is 9.69. The van der Waals surface area contributed by atoms with Gasteiger partial charge in [0, 0.05) is 12.5 Å². The molecule has 0 saturated heterocycles. The van der Waals surface area contributed by atoms with Crippen molar-refractivity contribution in [2.75, 3.05) is 13.7 Å². The standard InChI is InChI=1S/C16H18N2O2/c1-20-13-7-6-10-2-3-11-4-5-12(9-18-16(17)19)15(11)14(10)8-13/h2-3,6-8,12H,4-5,9H2,1H3,(H3,17,18,19). The number of hydrogen-bond donors (Lipinski definition) is 2. The maximum absolute atomic E-state index is 10.9. The summed E-state index contributed by atoms with van der Waals surface area (Å²) in [5.74, 6) is 1.19. The van der Waals surface area contributed by atoms with Gasteiger partial charge in [0.25, 0.3) is 0 Å². The maximum Gasteiger partial charge on any atom is 0.312 e. The number of nitrogens with two attached hydrogens (primary N) is 1. The number of nitrogens with one attached hydrogen (secondary N) is 1. The van der Waals surface area contributed by atoms with Crippen molar-refractivity contribution in [1.29, 1.82) is 0 Å². The van der Waals surface area contributed by atoms with Gasteiger partial charge in [-0.15, -0.1) is 0 Å². The molecule has 0 heterocycles. The first-order valence-electron chi connectivity index (χ1n) is 6.82. The molecule has 0 aliphatic heterocycles. The van der Waals surface area contributed by atoms with Crippen LogP contribution in [0.5, 0.6) is 5.75 Å². The second-order valence-corrected chi connectivity index (χ2v) is 5.21. The molecule has 0 aromatic heterocycles. The summed E-state index contributed by atoms with van der Waals surface area (Å²) < 4.78 is 5.33. The van der Waals surface area contributed by atoms with Crippen LogP contribution in [0.3, 0.4) is 0 Å². The van der Waals surface area contributed by atoms with E-state index in [0.29, 0.717) is 12.5 Å². The van der Waals surface area contributed by atoms with E-state index in [9.17, 15) is 4.79 Å². The lowest BCUT2D eigenvalue weighted by Gasteiger charge is -2.15. The van der Waals surface area contributed by atoms with Crippen LogP contribution in [-0.4, -0.2) is 19.7 Å². The minimum Gasteiger partial charge on any atom is -0.497 e. The van der Waals surface area contributed by atoms with Crippen LogP contribution in [0.1, 0.15) is 23.5 Å². The highest BCUT2D eigenvalue weighted by Crippen LogP contribution is 2.39. The third kappa shape index (κ3) is 2.18. The van der Waals surface area contributed by atoms with Gasteiger partial charge in [0.1, 0.15) is 5.75 Å². The average Bonchev–Trinajstić information content (AvgIpc) is 2.88. The number of carbonyl (C=O) groups is 1. The van der Waals surface area contributed by atoms with Gasteiger partial charge in [0.15, 0.2) is 0 Å². The van der Waals surface area contributed by atoms with Gasteiger partial charge >= 0.3 is 6.03 Å². The summed E-state index contributed by atoms with van der Waals surface area (Å²) in [4.78, 5) is 10.9. The lowest BCUT2D eigenvalue weighted by Crippen LogP contribution is -2.32. The highest BCUT2D eigenvalue weighted by atomic mass is 16.5. The fraction of sp³-hybridized carbons (Fsp3) is 0.312. The number of rotatable bonds is 3. The van der Waals surface area contributed by atoms with Crippen LogP contribution < -0.4 is 15.8 Å². The molecule has 0 fully saturated rings. The number of methoxy groups -OCH3 is 1. The summed E-state index contributed by atoms with van der Waals surface area (Å²) in [5.41, 5.74) is 7.87. The minimum absolute atomic E-state index is 0.327. The summed E-state index contributed by atoms with van der Waals surface area (Å²) in [6.45, 7) is 0.596. The molecule has 4 heteroatoms. The van der Waals surface area contributed by atoms with Crippen LogP contribution in [0.25, 0.3) is 10.8 Å². The number of hydrogen-bond acceptors (Lipinski definition) is 2. The van der Waals surface area contributed by atoms with Gasteiger partial charge in [-0.1, -0.05) is 18.2 Å². The van der Waals surface area contributed by atoms with E-state index in [1.807, 2.05) is 6.07 Å². The van der Waals surface area contributed by atoms with Crippen LogP contribution in [0.2, 0.25) is 0 Å². The second kappa shape index (κ2) is 5.04. The second-order valence-electron chi connectivity index (χ2n) is 5.21. The van der Waals surface area contributed by atoms with Crippen LogP contribution in [0, 0.1) is 0 Å². The Kier molecular flexibility index (Phi) is 3.22. The van der Waals surface area contributed by atoms with Crippen molar-refractivity contribution in [3.8, 4) is 5.75 Å². The van der Waals surface area contributed by atoms with Crippen molar-refractivity contribution in [3.05, 3.63) is 41.5 Å². The molecule has 20 heavy (non-hydrogen) atoms. The topological polar surface area (TPSA) is 64.3 Å². The summed E-state index contributed by atoms with van der Waals surface area (Å²) in [7, 11) is 1.68. The van der Waals surface area contributed by atoms with E-state index < -0.39 is 6.03 Å². The Morgan fingerprint density at radius 3 is 2.95 bits per heavy atom. The molecular formula is C16H18N2O2. The summed E-state index contributed by atoms with van der Waals surface area (Å²) in [6, 6.07) is 10.0. The number of fused-ring (bicyclic) bond motifs is 3. The molecule has 0 bridgehead atoms. The van der Waals surface area contributed by atoms with Crippen molar-refractivity contribution in [1.82, 2.24) is 5.32 Å². The normalized spacial score (nSPS) is 16.9. The van der Waals surface area contributed by atoms with E-state index in [1.54, 1.807) is 7.11 Å². The summed E-state index contributed by atoms with van der Waals surface area (Å²) >= 11 is 0. The monoisotopic (exact) mass is 270 g/mol. The van der Waals surface area contributed by atoms with E-state index >= 15 is 0 Å². The molecule has 4 nitrogen and oxygen atoms in total. The van der Waals surface area contributed by atoms with Gasteiger partial charge < -0.3 is 15.8 Å². The molecule has 3 N–H and O–H groups in total. The van der Waals surface area contributed by atoms with E-state index in [0.717, 1.165) is 18.6 Å². The molecule has 0 spiro atoms. The van der Waals surface area contributed by atoms with Gasteiger partial charge in [-0.2, -0.15) is 0 Å². The molecule has 0 radical (unpaired) electrons. The zero-order chi connectivity index (χ0) is 14.1. The third-order valence-electron chi connectivity index (χ3n) is 4.05. The molecule has 1 atom stereocenters. The van der Waals surface area contributed by atoms with Gasteiger partial charge in [-0.3, -0.25) is 0 Å². The minimum atomic E-state index is -0.462. The van der Waals surface area contributed by atoms with Gasteiger partial charge in [0.2, 0.25) is 0 Å². The Morgan fingerprint density at radius 1 is 1.40 bits per heavy atom. The van der Waals surface area contributed by atoms with E-state index in [4.69, 9.17) is 10.5 Å². The van der Waals surface area contributed by atoms with E-state index in [-0.39, 0.29) is 0 Å². The van der Waals surface area contributed by atoms with E-state index in [2.05, 4.69) is 29.6 Å². The maximum atomic E-state index is 10.9. The quantitative estimate of drug-likeness (QED) is 0.900.